The van der Waals surface area contributed by atoms with Crippen molar-refractivity contribution in [1.29, 1.82) is 0 Å². The average molecular weight is 445 g/mol. The summed E-state index contributed by atoms with van der Waals surface area (Å²) in [5.74, 6) is 0.00407. The molecule has 166 valence electrons. The molecule has 2 amide bonds. The van der Waals surface area contributed by atoms with Gasteiger partial charge in [0, 0.05) is 24.0 Å². The van der Waals surface area contributed by atoms with Gasteiger partial charge < -0.3 is 19.7 Å². The molecule has 3 rings (SSSR count). The number of piperidine rings is 1. The van der Waals surface area contributed by atoms with E-state index in [-0.39, 0.29) is 18.6 Å². The van der Waals surface area contributed by atoms with Crippen LogP contribution in [0.4, 0.5) is 9.59 Å². The van der Waals surface area contributed by atoms with E-state index in [1.165, 1.54) is 0 Å². The highest BCUT2D eigenvalue weighted by Crippen LogP contribution is 2.30. The maximum atomic E-state index is 12.7. The van der Waals surface area contributed by atoms with Gasteiger partial charge in [-0.2, -0.15) is 0 Å². The molecule has 1 aliphatic rings. The van der Waals surface area contributed by atoms with Crippen molar-refractivity contribution in [2.45, 2.75) is 51.4 Å². The number of carbonyl (C=O) groups excluding carboxylic acids is 2. The molecule has 0 saturated carbocycles. The molecule has 0 radical (unpaired) electrons. The molecule has 0 unspecified atom stereocenters. The van der Waals surface area contributed by atoms with E-state index in [0.717, 1.165) is 11.1 Å². The fourth-order valence-electron chi connectivity index (χ4n) is 3.67. The molecule has 1 aliphatic heterocycles. The molecule has 1 N–H and O–H groups in total. The van der Waals surface area contributed by atoms with Crippen LogP contribution in [0.15, 0.2) is 54.6 Å². The number of amides is 2. The third-order valence-corrected chi connectivity index (χ3v) is 5.29. The van der Waals surface area contributed by atoms with E-state index in [9.17, 15) is 9.59 Å². The quantitative estimate of drug-likeness (QED) is 0.689. The summed E-state index contributed by atoms with van der Waals surface area (Å²) >= 11 is 6.19. The molecule has 2 atom stereocenters. The second-order valence-electron chi connectivity index (χ2n) is 8.69. The Balaban J connectivity index is 1.70. The van der Waals surface area contributed by atoms with E-state index < -0.39 is 17.8 Å². The lowest BCUT2D eigenvalue weighted by atomic mass is 9.85. The summed E-state index contributed by atoms with van der Waals surface area (Å²) in [6.45, 7) is 6.50. The Kier molecular flexibility index (Phi) is 7.44. The molecule has 31 heavy (non-hydrogen) atoms. The lowest BCUT2D eigenvalue weighted by molar-refractivity contribution is 0.0432. The second-order valence-corrected chi connectivity index (χ2v) is 9.13. The maximum absolute atomic E-state index is 12.7. The predicted octanol–water partition coefficient (Wildman–Crippen LogP) is 5.36. The van der Waals surface area contributed by atoms with Crippen molar-refractivity contribution in [3.05, 3.63) is 70.7 Å². The van der Waals surface area contributed by atoms with Gasteiger partial charge in [-0.3, -0.25) is 0 Å². The monoisotopic (exact) mass is 444 g/mol. The summed E-state index contributed by atoms with van der Waals surface area (Å²) in [4.78, 5) is 26.8. The third-order valence-electron chi connectivity index (χ3n) is 5.06. The fraction of sp³-hybridized carbons (Fsp3) is 0.417. The van der Waals surface area contributed by atoms with Crippen LogP contribution in [-0.4, -0.2) is 41.8 Å². The largest absolute Gasteiger partial charge is 0.445 e. The number of rotatable bonds is 4. The van der Waals surface area contributed by atoms with Crippen LogP contribution in [0.3, 0.4) is 0 Å². The first-order valence-corrected chi connectivity index (χ1v) is 10.8. The van der Waals surface area contributed by atoms with Crippen LogP contribution in [0, 0.1) is 0 Å². The van der Waals surface area contributed by atoms with Crippen molar-refractivity contribution in [3.8, 4) is 0 Å². The van der Waals surface area contributed by atoms with Gasteiger partial charge in [-0.25, -0.2) is 9.59 Å². The van der Waals surface area contributed by atoms with Gasteiger partial charge in [0.1, 0.15) is 12.2 Å². The number of nitrogens with zero attached hydrogens (tertiary/aromatic N) is 1. The zero-order valence-corrected chi connectivity index (χ0v) is 18.9. The molecule has 1 fully saturated rings. The number of alkyl carbamates (subject to hydrolysis) is 1. The molecule has 1 saturated heterocycles. The fourth-order valence-corrected chi connectivity index (χ4v) is 3.87. The van der Waals surface area contributed by atoms with Crippen LogP contribution in [0.2, 0.25) is 5.02 Å². The minimum atomic E-state index is -0.612. The summed E-state index contributed by atoms with van der Waals surface area (Å²) in [6.07, 6.45) is -0.241. The topological polar surface area (TPSA) is 67.9 Å². The van der Waals surface area contributed by atoms with E-state index >= 15 is 0 Å². The first kappa shape index (κ1) is 22.9. The van der Waals surface area contributed by atoms with Crippen molar-refractivity contribution in [2.75, 3.05) is 13.1 Å². The van der Waals surface area contributed by atoms with Crippen LogP contribution < -0.4 is 5.32 Å². The highest BCUT2D eigenvalue weighted by atomic mass is 35.5. The molecular formula is C24H29ClN2O4. The molecule has 0 aliphatic carbocycles. The number of carbonyl (C=O) groups is 2. The summed E-state index contributed by atoms with van der Waals surface area (Å²) in [6, 6.07) is 16.8. The number of hydrogen-bond acceptors (Lipinski definition) is 4. The molecule has 2 aromatic rings. The summed E-state index contributed by atoms with van der Waals surface area (Å²) in [7, 11) is 0. The van der Waals surface area contributed by atoms with E-state index in [0.29, 0.717) is 24.5 Å². The first-order valence-electron chi connectivity index (χ1n) is 10.4. The van der Waals surface area contributed by atoms with Gasteiger partial charge in [-0.15, -0.1) is 0 Å². The Morgan fingerprint density at radius 2 is 1.87 bits per heavy atom. The normalized spacial score (nSPS) is 18.9. The van der Waals surface area contributed by atoms with Crippen LogP contribution in [0.25, 0.3) is 0 Å². The number of benzene rings is 2. The van der Waals surface area contributed by atoms with E-state index in [1.807, 2.05) is 75.4 Å². The highest BCUT2D eigenvalue weighted by molar-refractivity contribution is 6.30. The van der Waals surface area contributed by atoms with Crippen LogP contribution in [0.1, 0.15) is 44.2 Å². The zero-order valence-electron chi connectivity index (χ0n) is 18.1. The Morgan fingerprint density at radius 3 is 2.55 bits per heavy atom. The van der Waals surface area contributed by atoms with Crippen molar-refractivity contribution in [2.24, 2.45) is 0 Å². The number of ether oxygens (including phenoxy) is 2. The highest BCUT2D eigenvalue weighted by Gasteiger charge is 2.35. The SMILES string of the molecule is CC(C)(C)OC(=O)N[C@@H]1CN(C(=O)OCc2ccccc2)CC[C@H]1c1cccc(Cl)c1. The van der Waals surface area contributed by atoms with Gasteiger partial charge in [-0.1, -0.05) is 54.1 Å². The van der Waals surface area contributed by atoms with Crippen molar-refractivity contribution in [1.82, 2.24) is 10.2 Å². The number of nitrogens with one attached hydrogen (secondary N) is 1. The predicted molar refractivity (Wildman–Crippen MR) is 120 cm³/mol. The Morgan fingerprint density at radius 1 is 1.13 bits per heavy atom. The maximum Gasteiger partial charge on any atom is 0.410 e. The Bertz CT molecular complexity index is 898. The molecule has 0 bridgehead atoms. The van der Waals surface area contributed by atoms with Gasteiger partial charge in [0.25, 0.3) is 0 Å². The van der Waals surface area contributed by atoms with Gasteiger partial charge in [0.15, 0.2) is 0 Å². The molecular weight excluding hydrogens is 416 g/mol. The van der Waals surface area contributed by atoms with Gasteiger partial charge in [0.2, 0.25) is 0 Å². The molecule has 1 heterocycles. The number of likely N-dealkylation sites (tertiary alicyclic amines) is 1. The van der Waals surface area contributed by atoms with Crippen molar-refractivity contribution >= 4 is 23.8 Å². The number of halogens is 1. The van der Waals surface area contributed by atoms with Crippen LogP contribution in [0.5, 0.6) is 0 Å². The summed E-state index contributed by atoms with van der Waals surface area (Å²) in [5, 5.41) is 3.59. The van der Waals surface area contributed by atoms with Gasteiger partial charge in [0.05, 0.1) is 6.04 Å². The Hall–Kier alpha value is -2.73. The van der Waals surface area contributed by atoms with Gasteiger partial charge >= 0.3 is 12.2 Å². The molecule has 2 aromatic carbocycles. The zero-order chi connectivity index (χ0) is 22.4. The third kappa shape index (κ3) is 6.89. The van der Waals surface area contributed by atoms with E-state index in [4.69, 9.17) is 21.1 Å². The molecule has 0 aromatic heterocycles. The molecule has 0 spiro atoms. The van der Waals surface area contributed by atoms with Gasteiger partial charge in [-0.05, 0) is 50.5 Å². The lowest BCUT2D eigenvalue weighted by Gasteiger charge is -2.38. The minimum absolute atomic E-state index is 0.00407. The van der Waals surface area contributed by atoms with Crippen molar-refractivity contribution < 1.29 is 19.1 Å². The smallest absolute Gasteiger partial charge is 0.410 e. The molecule has 6 nitrogen and oxygen atoms in total. The van der Waals surface area contributed by atoms with Crippen molar-refractivity contribution in [3.63, 3.8) is 0 Å². The van der Waals surface area contributed by atoms with Crippen LogP contribution >= 0.6 is 11.6 Å². The van der Waals surface area contributed by atoms with Crippen LogP contribution in [-0.2, 0) is 16.1 Å². The average Bonchev–Trinajstić information content (AvgIpc) is 2.71. The lowest BCUT2D eigenvalue weighted by Crippen LogP contribution is -2.54. The Labute approximate surface area is 188 Å². The minimum Gasteiger partial charge on any atom is -0.445 e. The van der Waals surface area contributed by atoms with E-state index in [1.54, 1.807) is 4.90 Å². The first-order chi connectivity index (χ1) is 14.7. The number of hydrogen-bond donors (Lipinski definition) is 1. The molecule has 7 heteroatoms. The van der Waals surface area contributed by atoms with E-state index in [2.05, 4.69) is 5.32 Å². The summed E-state index contributed by atoms with van der Waals surface area (Å²) < 4.78 is 10.9. The second kappa shape index (κ2) is 10.1. The summed E-state index contributed by atoms with van der Waals surface area (Å²) in [5.41, 5.74) is 1.33. The standard InChI is InChI=1S/C24H29ClN2O4/c1-24(2,3)31-22(28)26-21-15-27(23(29)30-16-17-8-5-4-6-9-17)13-12-20(21)18-10-7-11-19(25)14-18/h4-11,14,20-21H,12-13,15-16H2,1-3H3,(H,26,28)/t20-,21+/m0/s1.